The Bertz CT molecular complexity index is 807. The summed E-state index contributed by atoms with van der Waals surface area (Å²) in [4.78, 5) is 0. The zero-order valence-electron chi connectivity index (χ0n) is 20.0. The Labute approximate surface area is 219 Å². The number of aliphatic hydroxyl groups is 1. The summed E-state index contributed by atoms with van der Waals surface area (Å²) in [5.74, 6) is -62.5. The predicted octanol–water partition coefficient (Wildman–Crippen LogP) is 7.46. The molecule has 0 saturated heterocycles. The van der Waals surface area contributed by atoms with E-state index in [1.165, 1.54) is 0 Å². The van der Waals surface area contributed by atoms with Crippen LogP contribution in [0.4, 0.5) is 92.2 Å². The fraction of sp³-hybridized carbons (Fsp3) is 1.00. The van der Waals surface area contributed by atoms with Crippen molar-refractivity contribution in [3.8, 4) is 0 Å². The molecule has 0 aromatic rings. The average Bonchev–Trinajstić information content (AvgIpc) is 2.77. The highest BCUT2D eigenvalue weighted by Gasteiger charge is 2.87. The number of halogens is 21. The van der Waals surface area contributed by atoms with Crippen molar-refractivity contribution < 1.29 is 107 Å². The van der Waals surface area contributed by atoms with Crippen LogP contribution in [0.5, 0.6) is 0 Å². The monoisotopic (exact) mass is 680 g/mol. The molecular formula is C18H17F21O3. The second-order valence-corrected chi connectivity index (χ2v) is 8.55. The molecule has 3 nitrogen and oxygen atoms in total. The first-order valence-corrected chi connectivity index (χ1v) is 10.4. The molecule has 42 heavy (non-hydrogen) atoms. The Kier molecular flexibility index (Phi) is 11.6. The van der Waals surface area contributed by atoms with Crippen molar-refractivity contribution in [2.75, 3.05) is 26.4 Å². The standard InChI is InChI=1S/C18H17F21O3/c1-9(19,20)12(25,26)15(31,32)13(27,28)10(21,22)2-4-41-6-8(40)7-42-5-3-11(23,24)14(29,30)16(33,34)17(35,36)18(37,38)39/h8,40H,2-7H2,1H3. The molecule has 0 aliphatic heterocycles. The smallest absolute Gasteiger partial charge is 0.388 e. The second kappa shape index (κ2) is 12.1. The van der Waals surface area contributed by atoms with E-state index in [0.717, 1.165) is 0 Å². The summed E-state index contributed by atoms with van der Waals surface area (Å²) >= 11 is 0. The zero-order chi connectivity index (χ0) is 34.2. The van der Waals surface area contributed by atoms with Crippen molar-refractivity contribution in [3.63, 3.8) is 0 Å². The second-order valence-electron chi connectivity index (χ2n) is 8.55. The van der Waals surface area contributed by atoms with Crippen LogP contribution in [0.2, 0.25) is 0 Å². The molecule has 0 fully saturated rings. The Morgan fingerprint density at radius 2 is 0.738 bits per heavy atom. The molecule has 0 rings (SSSR count). The third-order valence-electron chi connectivity index (χ3n) is 5.14. The van der Waals surface area contributed by atoms with E-state index in [-0.39, 0.29) is 0 Å². The summed E-state index contributed by atoms with van der Waals surface area (Å²) in [5, 5.41) is 9.31. The van der Waals surface area contributed by atoms with E-state index in [9.17, 15) is 97.3 Å². The van der Waals surface area contributed by atoms with Gasteiger partial charge in [0.25, 0.3) is 0 Å². The number of rotatable bonds is 17. The molecule has 0 aromatic heterocycles. The first kappa shape index (κ1) is 40.4. The molecule has 0 bridgehead atoms. The van der Waals surface area contributed by atoms with Gasteiger partial charge in [-0.15, -0.1) is 0 Å². The quantitative estimate of drug-likeness (QED) is 0.128. The van der Waals surface area contributed by atoms with E-state index in [0.29, 0.717) is 0 Å². The summed E-state index contributed by atoms with van der Waals surface area (Å²) in [6.07, 6.45) is -14.9. The molecule has 1 N–H and O–H groups in total. The first-order valence-electron chi connectivity index (χ1n) is 10.4. The fourth-order valence-corrected chi connectivity index (χ4v) is 2.51. The Balaban J connectivity index is 5.02. The van der Waals surface area contributed by atoms with Crippen molar-refractivity contribution in [1.29, 1.82) is 0 Å². The van der Waals surface area contributed by atoms with E-state index in [1.54, 1.807) is 0 Å². The maximum atomic E-state index is 13.5. The molecule has 0 spiro atoms. The van der Waals surface area contributed by atoms with Gasteiger partial charge >= 0.3 is 59.5 Å². The maximum absolute atomic E-state index is 13.5. The van der Waals surface area contributed by atoms with E-state index < -0.39 is 112 Å². The van der Waals surface area contributed by atoms with E-state index in [4.69, 9.17) is 0 Å². The van der Waals surface area contributed by atoms with Crippen molar-refractivity contribution in [2.45, 2.75) is 85.3 Å². The number of hydrogen-bond donors (Lipinski definition) is 1. The van der Waals surface area contributed by atoms with Crippen LogP contribution in [0.3, 0.4) is 0 Å². The lowest BCUT2D eigenvalue weighted by Gasteiger charge is -2.38. The molecule has 0 aromatic carbocycles. The summed E-state index contributed by atoms with van der Waals surface area (Å²) < 4.78 is 281. The number of alkyl halides is 21. The highest BCUT2D eigenvalue weighted by Crippen LogP contribution is 2.59. The van der Waals surface area contributed by atoms with E-state index >= 15 is 0 Å². The minimum absolute atomic E-state index is 0.962. The van der Waals surface area contributed by atoms with E-state index in [2.05, 4.69) is 9.47 Å². The highest BCUT2D eigenvalue weighted by atomic mass is 19.4. The summed E-state index contributed by atoms with van der Waals surface area (Å²) in [5.41, 5.74) is 0. The number of hydrogen-bond acceptors (Lipinski definition) is 3. The highest BCUT2D eigenvalue weighted by molar-refractivity contribution is 5.08. The van der Waals surface area contributed by atoms with E-state index in [1.807, 2.05) is 0 Å². The SMILES string of the molecule is CC(F)(F)C(F)(F)C(F)(F)C(F)(F)C(F)(F)CCOCC(O)COCCC(F)(F)C(F)(F)C(F)(F)C(F)(F)C(F)(F)F. The van der Waals surface area contributed by atoms with Gasteiger partial charge in [-0.25, -0.2) is 0 Å². The molecule has 0 aliphatic rings. The van der Waals surface area contributed by atoms with Gasteiger partial charge in [0, 0.05) is 19.8 Å². The number of aliphatic hydroxyl groups excluding tert-OH is 1. The van der Waals surface area contributed by atoms with Gasteiger partial charge in [-0.1, -0.05) is 0 Å². The van der Waals surface area contributed by atoms with Crippen molar-refractivity contribution in [1.82, 2.24) is 0 Å². The van der Waals surface area contributed by atoms with Gasteiger partial charge in [0.15, 0.2) is 0 Å². The van der Waals surface area contributed by atoms with Crippen molar-refractivity contribution >= 4 is 0 Å². The van der Waals surface area contributed by atoms with Crippen LogP contribution in [0.1, 0.15) is 19.8 Å². The first-order chi connectivity index (χ1) is 18.1. The Morgan fingerprint density at radius 1 is 0.452 bits per heavy atom. The van der Waals surface area contributed by atoms with Gasteiger partial charge in [-0.3, -0.25) is 0 Å². The summed E-state index contributed by atoms with van der Waals surface area (Å²) in [6.45, 7) is -7.49. The van der Waals surface area contributed by atoms with Crippen LogP contribution in [-0.4, -0.2) is 97.1 Å². The third kappa shape index (κ3) is 7.20. The molecule has 0 radical (unpaired) electrons. The predicted molar refractivity (Wildman–Crippen MR) is 93.1 cm³/mol. The van der Waals surface area contributed by atoms with Gasteiger partial charge in [-0.2, -0.15) is 92.2 Å². The minimum atomic E-state index is -7.69. The molecule has 1 unspecified atom stereocenters. The topological polar surface area (TPSA) is 38.7 Å². The molecule has 1 atom stereocenters. The molecule has 24 heteroatoms. The molecule has 0 heterocycles. The molecular weight excluding hydrogens is 663 g/mol. The molecule has 0 amide bonds. The fourth-order valence-electron chi connectivity index (χ4n) is 2.51. The van der Waals surface area contributed by atoms with Gasteiger partial charge in [0.2, 0.25) is 0 Å². The van der Waals surface area contributed by atoms with Crippen LogP contribution in [0, 0.1) is 0 Å². The average molecular weight is 680 g/mol. The zero-order valence-corrected chi connectivity index (χ0v) is 20.0. The molecule has 0 aliphatic carbocycles. The Morgan fingerprint density at radius 3 is 1.00 bits per heavy atom. The van der Waals surface area contributed by atoms with Crippen molar-refractivity contribution in [2.24, 2.45) is 0 Å². The largest absolute Gasteiger partial charge is 0.460 e. The third-order valence-corrected chi connectivity index (χ3v) is 5.14. The van der Waals surface area contributed by atoms with Gasteiger partial charge < -0.3 is 14.6 Å². The van der Waals surface area contributed by atoms with Crippen LogP contribution in [-0.2, 0) is 9.47 Å². The lowest BCUT2D eigenvalue weighted by Crippen LogP contribution is -2.66. The lowest BCUT2D eigenvalue weighted by atomic mass is 9.94. The van der Waals surface area contributed by atoms with Crippen LogP contribution in [0.15, 0.2) is 0 Å². The van der Waals surface area contributed by atoms with Crippen LogP contribution in [0.25, 0.3) is 0 Å². The minimum Gasteiger partial charge on any atom is -0.388 e. The van der Waals surface area contributed by atoms with Crippen molar-refractivity contribution in [3.05, 3.63) is 0 Å². The van der Waals surface area contributed by atoms with Gasteiger partial charge in [0.05, 0.1) is 26.4 Å². The Hall–Kier alpha value is -1.59. The maximum Gasteiger partial charge on any atom is 0.460 e. The van der Waals surface area contributed by atoms with Gasteiger partial charge in [0.1, 0.15) is 6.10 Å². The summed E-state index contributed by atoms with van der Waals surface area (Å²) in [6, 6.07) is 0. The lowest BCUT2D eigenvalue weighted by molar-refractivity contribution is -0.422. The molecule has 254 valence electrons. The van der Waals surface area contributed by atoms with Gasteiger partial charge in [-0.05, 0) is 0 Å². The summed E-state index contributed by atoms with van der Waals surface area (Å²) in [7, 11) is 0. The van der Waals surface area contributed by atoms with Crippen LogP contribution < -0.4 is 0 Å². The van der Waals surface area contributed by atoms with Crippen LogP contribution >= 0.6 is 0 Å². The number of ether oxygens (including phenoxy) is 2. The normalized spacial score (nSPS) is 16.6. The molecule has 0 saturated carbocycles.